The third-order valence-corrected chi connectivity index (χ3v) is 7.96. The molecule has 194 valence electrons. The minimum Gasteiger partial charge on any atom is -0.480 e. The van der Waals surface area contributed by atoms with Gasteiger partial charge in [-0.15, -0.1) is 11.8 Å². The van der Waals surface area contributed by atoms with E-state index in [1.807, 2.05) is 30.6 Å². The monoisotopic (exact) mass is 540 g/mol. The first-order valence-electron chi connectivity index (χ1n) is 12.1. The topological polar surface area (TPSA) is 106 Å². The first-order chi connectivity index (χ1) is 18.9. The van der Waals surface area contributed by atoms with Gasteiger partial charge in [0.2, 0.25) is 0 Å². The normalized spacial score (nSPS) is 14.3. The number of nitrogens with zero attached hydrogens (tertiary/aromatic N) is 3. The lowest BCUT2D eigenvalue weighted by Gasteiger charge is -2.11. The molecule has 0 bridgehead atoms. The highest BCUT2D eigenvalue weighted by Crippen LogP contribution is 2.42. The summed E-state index contributed by atoms with van der Waals surface area (Å²) in [4.78, 5) is 42.2. The van der Waals surface area contributed by atoms with Gasteiger partial charge in [-0.05, 0) is 41.5 Å². The summed E-state index contributed by atoms with van der Waals surface area (Å²) in [5, 5.41) is 12.0. The van der Waals surface area contributed by atoms with Crippen molar-refractivity contribution in [1.82, 2.24) is 19.4 Å². The van der Waals surface area contributed by atoms with Gasteiger partial charge in [-0.2, -0.15) is 0 Å². The first kappa shape index (κ1) is 24.6. The van der Waals surface area contributed by atoms with E-state index in [1.54, 1.807) is 48.3 Å². The summed E-state index contributed by atoms with van der Waals surface area (Å²) in [5.74, 6) is -1.15. The van der Waals surface area contributed by atoms with Crippen molar-refractivity contribution in [3.05, 3.63) is 114 Å². The van der Waals surface area contributed by atoms with Crippen LogP contribution in [0.25, 0.3) is 22.0 Å². The molecule has 39 heavy (non-hydrogen) atoms. The summed E-state index contributed by atoms with van der Waals surface area (Å²) >= 11 is 1.70. The maximum Gasteiger partial charge on any atom is 0.326 e. The van der Waals surface area contributed by atoms with Gasteiger partial charge in [-0.1, -0.05) is 30.3 Å². The Balaban J connectivity index is 1.42. The molecule has 0 spiro atoms. The number of aromatic nitrogens is 3. The highest BCUT2D eigenvalue weighted by molar-refractivity contribution is 7.99. The molecular formula is C29H21FN4O4S. The molecular weight excluding hydrogens is 519 g/mol. The van der Waals surface area contributed by atoms with Gasteiger partial charge in [0.25, 0.3) is 0 Å². The van der Waals surface area contributed by atoms with Gasteiger partial charge in [0, 0.05) is 58.3 Å². The molecule has 0 aliphatic carbocycles. The molecule has 10 heteroatoms. The van der Waals surface area contributed by atoms with E-state index in [-0.39, 0.29) is 17.0 Å². The minimum atomic E-state index is -1.19. The Labute approximate surface area is 226 Å². The Morgan fingerprint density at radius 2 is 1.85 bits per heavy atom. The zero-order valence-corrected chi connectivity index (χ0v) is 21.2. The standard InChI is InChI=1S/C29H21FN4O4S/c30-20-6-3-17(4-7-20)18-5-8-21-23(15-34(24(21)12-18)29(38)32-14-26(35)36)27(37)22-9-11-33-25(22)16-39-28(33)19-2-1-10-31-13-19/h1-13,15,28H,14,16H2,(H,32,38)(H,35,36)/t28-/m1/s1. The molecule has 6 rings (SSSR count). The second-order valence-corrected chi connectivity index (χ2v) is 10.1. The fourth-order valence-electron chi connectivity index (χ4n) is 4.86. The molecule has 1 amide bonds. The number of carboxylic acids is 1. The van der Waals surface area contributed by atoms with E-state index in [0.29, 0.717) is 33.3 Å². The second-order valence-electron chi connectivity index (χ2n) is 9.07. The van der Waals surface area contributed by atoms with Gasteiger partial charge < -0.3 is 15.0 Å². The number of fused-ring (bicyclic) bond motifs is 2. The Hall–Kier alpha value is -4.70. The predicted molar refractivity (Wildman–Crippen MR) is 145 cm³/mol. The van der Waals surface area contributed by atoms with E-state index in [2.05, 4.69) is 14.9 Å². The van der Waals surface area contributed by atoms with Gasteiger partial charge in [0.05, 0.1) is 5.52 Å². The summed E-state index contributed by atoms with van der Waals surface area (Å²) in [7, 11) is 0. The smallest absolute Gasteiger partial charge is 0.326 e. The van der Waals surface area contributed by atoms with Crippen molar-refractivity contribution in [3.8, 4) is 11.1 Å². The number of pyridine rings is 1. The number of aliphatic carboxylic acids is 1. The Morgan fingerprint density at radius 1 is 1.05 bits per heavy atom. The Morgan fingerprint density at radius 3 is 2.59 bits per heavy atom. The third-order valence-electron chi connectivity index (χ3n) is 6.71. The summed E-state index contributed by atoms with van der Waals surface area (Å²) in [5.41, 5.74) is 4.67. The number of amides is 1. The van der Waals surface area contributed by atoms with E-state index in [9.17, 15) is 18.8 Å². The fraction of sp³-hybridized carbons (Fsp3) is 0.103. The third kappa shape index (κ3) is 4.48. The zero-order valence-electron chi connectivity index (χ0n) is 20.4. The molecule has 2 aromatic carbocycles. The average Bonchev–Trinajstić information content (AvgIpc) is 3.66. The average molecular weight is 541 g/mol. The van der Waals surface area contributed by atoms with Crippen LogP contribution in [0.15, 0.2) is 85.5 Å². The van der Waals surface area contributed by atoms with Crippen LogP contribution in [0.1, 0.15) is 32.6 Å². The number of ketones is 1. The van der Waals surface area contributed by atoms with Gasteiger partial charge in [-0.3, -0.25) is 19.1 Å². The molecule has 0 fully saturated rings. The van der Waals surface area contributed by atoms with E-state index < -0.39 is 18.5 Å². The van der Waals surface area contributed by atoms with E-state index >= 15 is 0 Å². The number of carbonyl (C=O) groups excluding carboxylic acids is 2. The number of hydrogen-bond acceptors (Lipinski definition) is 5. The second kappa shape index (κ2) is 9.88. The maximum atomic E-state index is 13.9. The van der Waals surface area contributed by atoms with E-state index in [1.165, 1.54) is 22.9 Å². The van der Waals surface area contributed by atoms with Crippen LogP contribution in [0.5, 0.6) is 0 Å². The molecule has 0 saturated carbocycles. The SMILES string of the molecule is O=C(O)CNC(=O)n1cc(C(=O)c2ccn3c2CS[C@@H]3c2cccnc2)c2ccc(-c3ccc(F)cc3)cc21. The van der Waals surface area contributed by atoms with E-state index in [4.69, 9.17) is 5.11 Å². The maximum absolute atomic E-state index is 13.9. The van der Waals surface area contributed by atoms with Crippen molar-refractivity contribution >= 4 is 40.4 Å². The van der Waals surface area contributed by atoms with Crippen molar-refractivity contribution in [3.63, 3.8) is 0 Å². The first-order valence-corrected chi connectivity index (χ1v) is 13.1. The van der Waals surface area contributed by atoms with Crippen LogP contribution in [0.3, 0.4) is 0 Å². The molecule has 3 aromatic heterocycles. The Kier molecular flexibility index (Phi) is 6.24. The number of nitrogens with one attached hydrogen (secondary N) is 1. The molecule has 1 atom stereocenters. The highest BCUT2D eigenvalue weighted by atomic mass is 32.2. The highest BCUT2D eigenvalue weighted by Gasteiger charge is 2.30. The molecule has 5 aromatic rings. The van der Waals surface area contributed by atoms with Crippen molar-refractivity contribution in [2.45, 2.75) is 11.1 Å². The number of carboxylic acid groups (broad SMARTS) is 1. The summed E-state index contributed by atoms with van der Waals surface area (Å²) in [6.07, 6.45) is 6.88. The van der Waals surface area contributed by atoms with Gasteiger partial charge in [0.1, 0.15) is 17.7 Å². The predicted octanol–water partition coefficient (Wildman–Crippen LogP) is 5.31. The molecule has 4 heterocycles. The molecule has 1 aliphatic rings. The fourth-order valence-corrected chi connectivity index (χ4v) is 6.17. The zero-order chi connectivity index (χ0) is 27.1. The largest absolute Gasteiger partial charge is 0.480 e. The molecule has 1 aliphatic heterocycles. The van der Waals surface area contributed by atoms with Crippen molar-refractivity contribution in [2.24, 2.45) is 0 Å². The summed E-state index contributed by atoms with van der Waals surface area (Å²) in [6, 6.07) is 16.2. The van der Waals surface area contributed by atoms with Crippen LogP contribution in [0.2, 0.25) is 0 Å². The lowest BCUT2D eigenvalue weighted by Crippen LogP contribution is -2.32. The van der Waals surface area contributed by atoms with Crippen molar-refractivity contribution in [2.75, 3.05) is 6.54 Å². The van der Waals surface area contributed by atoms with Gasteiger partial charge in [-0.25, -0.2) is 9.18 Å². The van der Waals surface area contributed by atoms with Crippen LogP contribution >= 0.6 is 11.8 Å². The number of carbonyl (C=O) groups is 3. The molecule has 0 saturated heterocycles. The van der Waals surface area contributed by atoms with E-state index in [0.717, 1.165) is 16.8 Å². The number of hydrogen-bond donors (Lipinski definition) is 2. The molecule has 2 N–H and O–H groups in total. The van der Waals surface area contributed by atoms with Gasteiger partial charge >= 0.3 is 12.0 Å². The van der Waals surface area contributed by atoms with Crippen LogP contribution in [0.4, 0.5) is 9.18 Å². The van der Waals surface area contributed by atoms with Crippen LogP contribution in [-0.4, -0.2) is 43.6 Å². The number of halogens is 1. The number of benzene rings is 2. The number of rotatable bonds is 6. The Bertz CT molecular complexity index is 1740. The lowest BCUT2D eigenvalue weighted by molar-refractivity contribution is -0.135. The van der Waals surface area contributed by atoms with Crippen LogP contribution in [0, 0.1) is 5.82 Å². The van der Waals surface area contributed by atoms with Crippen molar-refractivity contribution in [1.29, 1.82) is 0 Å². The summed E-state index contributed by atoms with van der Waals surface area (Å²) < 4.78 is 16.8. The quantitative estimate of drug-likeness (QED) is 0.283. The summed E-state index contributed by atoms with van der Waals surface area (Å²) in [6.45, 7) is -0.570. The number of thioether (sulfide) groups is 1. The van der Waals surface area contributed by atoms with Crippen molar-refractivity contribution < 1.29 is 23.9 Å². The molecule has 0 unspecified atom stereocenters. The lowest BCUT2D eigenvalue weighted by atomic mass is 10.00. The van der Waals surface area contributed by atoms with Gasteiger partial charge in [0.15, 0.2) is 5.78 Å². The minimum absolute atomic E-state index is 0.0108. The molecule has 8 nitrogen and oxygen atoms in total. The van der Waals surface area contributed by atoms with Crippen LogP contribution < -0.4 is 5.32 Å². The molecule has 0 radical (unpaired) electrons. The van der Waals surface area contributed by atoms with Crippen LogP contribution in [-0.2, 0) is 10.5 Å².